The van der Waals surface area contributed by atoms with Crippen LogP contribution in [0.5, 0.6) is 11.5 Å². The van der Waals surface area contributed by atoms with E-state index in [2.05, 4.69) is 0 Å². The Hall–Kier alpha value is -2.75. The van der Waals surface area contributed by atoms with E-state index in [4.69, 9.17) is 13.9 Å². The molecular formula is C15H8O4. The van der Waals surface area contributed by atoms with Crippen LogP contribution in [0.2, 0.25) is 0 Å². The fourth-order valence-electron chi connectivity index (χ4n) is 2.27. The van der Waals surface area contributed by atoms with Crippen LogP contribution in [0, 0.1) is 0 Å². The summed E-state index contributed by atoms with van der Waals surface area (Å²) in [5, 5.41) is 2.23. The third kappa shape index (κ3) is 1.43. The lowest BCUT2D eigenvalue weighted by molar-refractivity contribution is 0.362. The van der Waals surface area contributed by atoms with Crippen LogP contribution in [0.4, 0.5) is 0 Å². The summed E-state index contributed by atoms with van der Waals surface area (Å²) in [6.07, 6.45) is 2.91. The number of hydrogen-bond acceptors (Lipinski definition) is 4. The van der Waals surface area contributed by atoms with Crippen molar-refractivity contribution in [2.45, 2.75) is 0 Å². The monoisotopic (exact) mass is 252 g/mol. The highest BCUT2D eigenvalue weighted by Crippen LogP contribution is 2.36. The number of hydrogen-bond donors (Lipinski definition) is 0. The Bertz CT molecular complexity index is 890. The Labute approximate surface area is 107 Å². The molecule has 3 aromatic rings. The van der Waals surface area contributed by atoms with E-state index in [0.29, 0.717) is 22.5 Å². The normalized spacial score (nSPS) is 13.1. The molecule has 0 saturated carbocycles. The molecule has 0 amide bonds. The van der Waals surface area contributed by atoms with Gasteiger partial charge < -0.3 is 13.9 Å². The van der Waals surface area contributed by atoms with Gasteiger partial charge >= 0.3 is 5.63 Å². The zero-order valence-electron chi connectivity index (χ0n) is 9.75. The van der Waals surface area contributed by atoms with E-state index in [-0.39, 0.29) is 5.63 Å². The van der Waals surface area contributed by atoms with Gasteiger partial charge in [-0.25, -0.2) is 4.79 Å². The van der Waals surface area contributed by atoms with Crippen LogP contribution in [0.25, 0.3) is 21.7 Å². The zero-order chi connectivity index (χ0) is 12.8. The van der Waals surface area contributed by atoms with Crippen molar-refractivity contribution in [2.24, 2.45) is 0 Å². The second kappa shape index (κ2) is 3.62. The maximum Gasteiger partial charge on any atom is 0.344 e. The predicted octanol–water partition coefficient (Wildman–Crippen LogP) is 3.19. The fraction of sp³-hybridized carbons (Fsp3) is 0. The highest BCUT2D eigenvalue weighted by molar-refractivity contribution is 6.05. The molecule has 92 valence electrons. The smallest absolute Gasteiger partial charge is 0.344 e. The molecule has 0 radical (unpaired) electrons. The molecule has 1 aliphatic heterocycles. The highest BCUT2D eigenvalue weighted by atomic mass is 16.5. The maximum absolute atomic E-state index is 11.9. The van der Waals surface area contributed by atoms with Gasteiger partial charge in [-0.05, 0) is 12.1 Å². The van der Waals surface area contributed by atoms with Gasteiger partial charge in [0.05, 0.1) is 5.39 Å². The molecule has 1 aromatic heterocycles. The first-order valence-electron chi connectivity index (χ1n) is 5.81. The second-order valence-corrected chi connectivity index (χ2v) is 4.24. The molecule has 0 fully saturated rings. The lowest BCUT2D eigenvalue weighted by atomic mass is 10.1. The summed E-state index contributed by atoms with van der Waals surface area (Å²) in [6, 6.07) is 10.8. The van der Waals surface area contributed by atoms with Gasteiger partial charge in [0.15, 0.2) is 11.5 Å². The molecular weight excluding hydrogens is 244 g/mol. The van der Waals surface area contributed by atoms with Crippen molar-refractivity contribution in [3.63, 3.8) is 0 Å². The van der Waals surface area contributed by atoms with E-state index in [1.165, 1.54) is 12.5 Å². The van der Waals surface area contributed by atoms with Crippen molar-refractivity contribution in [2.75, 3.05) is 0 Å². The summed E-state index contributed by atoms with van der Waals surface area (Å²) in [5.41, 5.74) is 0.136. The zero-order valence-corrected chi connectivity index (χ0v) is 9.75. The number of rotatable bonds is 0. The van der Waals surface area contributed by atoms with E-state index in [1.807, 2.05) is 24.3 Å². The number of ether oxygens (including phenoxy) is 2. The Morgan fingerprint density at radius 3 is 2.26 bits per heavy atom. The van der Waals surface area contributed by atoms with Gasteiger partial charge in [-0.15, -0.1) is 0 Å². The third-order valence-corrected chi connectivity index (χ3v) is 3.13. The maximum atomic E-state index is 11.9. The van der Waals surface area contributed by atoms with E-state index >= 15 is 0 Å². The van der Waals surface area contributed by atoms with Crippen molar-refractivity contribution in [1.82, 2.24) is 0 Å². The van der Waals surface area contributed by atoms with Crippen molar-refractivity contribution in [1.29, 1.82) is 0 Å². The minimum atomic E-state index is -0.352. The molecule has 0 bridgehead atoms. The number of benzene rings is 2. The third-order valence-electron chi connectivity index (χ3n) is 3.13. The van der Waals surface area contributed by atoms with Crippen LogP contribution in [-0.2, 0) is 0 Å². The predicted molar refractivity (Wildman–Crippen MR) is 70.4 cm³/mol. The molecule has 4 rings (SSSR count). The first-order chi connectivity index (χ1) is 9.33. The van der Waals surface area contributed by atoms with Crippen molar-refractivity contribution < 1.29 is 13.9 Å². The summed E-state index contributed by atoms with van der Waals surface area (Å²) in [5.74, 6) is 1.14. The van der Waals surface area contributed by atoms with Gasteiger partial charge in [0.1, 0.15) is 18.1 Å². The minimum Gasteiger partial charge on any atom is -0.458 e. The SMILES string of the molecule is O=c1oc2cc3c(cc2c2ccccc12)OC=CO3. The van der Waals surface area contributed by atoms with Crippen molar-refractivity contribution in [3.8, 4) is 11.5 Å². The van der Waals surface area contributed by atoms with E-state index in [9.17, 15) is 4.79 Å². The molecule has 1 aliphatic rings. The van der Waals surface area contributed by atoms with Gasteiger partial charge in [-0.1, -0.05) is 18.2 Å². The quantitative estimate of drug-likeness (QED) is 0.455. The van der Waals surface area contributed by atoms with E-state index in [0.717, 1.165) is 10.8 Å². The summed E-state index contributed by atoms with van der Waals surface area (Å²) in [6.45, 7) is 0. The molecule has 0 unspecified atom stereocenters. The van der Waals surface area contributed by atoms with Crippen LogP contribution in [-0.4, -0.2) is 0 Å². The van der Waals surface area contributed by atoms with Gasteiger partial charge in [0.2, 0.25) is 0 Å². The summed E-state index contributed by atoms with van der Waals surface area (Å²) < 4.78 is 16.0. The molecule has 0 N–H and O–H groups in total. The molecule has 4 heteroatoms. The van der Waals surface area contributed by atoms with Crippen molar-refractivity contribution in [3.05, 3.63) is 59.3 Å². The lowest BCUT2D eigenvalue weighted by Gasteiger charge is -2.13. The Morgan fingerprint density at radius 1 is 0.789 bits per heavy atom. The molecule has 2 heterocycles. The molecule has 0 aliphatic carbocycles. The van der Waals surface area contributed by atoms with Gasteiger partial charge in [0, 0.05) is 16.8 Å². The van der Waals surface area contributed by atoms with Crippen LogP contribution in [0.1, 0.15) is 0 Å². The summed E-state index contributed by atoms with van der Waals surface area (Å²) in [7, 11) is 0. The molecule has 2 aromatic carbocycles. The highest BCUT2D eigenvalue weighted by Gasteiger charge is 2.14. The first-order valence-corrected chi connectivity index (χ1v) is 5.81. The number of fused-ring (bicyclic) bond motifs is 4. The molecule has 19 heavy (non-hydrogen) atoms. The van der Waals surface area contributed by atoms with Crippen molar-refractivity contribution >= 4 is 21.7 Å². The van der Waals surface area contributed by atoms with Crippen LogP contribution in [0.15, 0.2) is 58.1 Å². The van der Waals surface area contributed by atoms with Gasteiger partial charge in [-0.3, -0.25) is 0 Å². The van der Waals surface area contributed by atoms with E-state index < -0.39 is 0 Å². The molecule has 0 atom stereocenters. The molecule has 0 spiro atoms. The molecule has 4 nitrogen and oxygen atoms in total. The molecule has 0 saturated heterocycles. The minimum absolute atomic E-state index is 0.352. The van der Waals surface area contributed by atoms with E-state index in [1.54, 1.807) is 12.1 Å². The van der Waals surface area contributed by atoms with Crippen LogP contribution in [0.3, 0.4) is 0 Å². The largest absolute Gasteiger partial charge is 0.458 e. The topological polar surface area (TPSA) is 48.7 Å². The average Bonchev–Trinajstić information content (AvgIpc) is 2.46. The standard InChI is InChI=1S/C15H8O4/c16-15-10-4-2-1-3-9(10)11-7-13-14(8-12(11)19-15)18-6-5-17-13/h1-8H. The van der Waals surface area contributed by atoms with Crippen LogP contribution < -0.4 is 15.1 Å². The summed E-state index contributed by atoms with van der Waals surface area (Å²) in [4.78, 5) is 11.9. The fourth-order valence-corrected chi connectivity index (χ4v) is 2.27. The van der Waals surface area contributed by atoms with Gasteiger partial charge in [0.25, 0.3) is 0 Å². The summed E-state index contributed by atoms with van der Waals surface area (Å²) >= 11 is 0. The Balaban J connectivity index is 2.19. The Kier molecular flexibility index (Phi) is 1.94. The van der Waals surface area contributed by atoms with Gasteiger partial charge in [-0.2, -0.15) is 0 Å². The first kappa shape index (κ1) is 10.2. The lowest BCUT2D eigenvalue weighted by Crippen LogP contribution is -2.01. The average molecular weight is 252 g/mol. The van der Waals surface area contributed by atoms with Crippen LogP contribution >= 0.6 is 0 Å². The Morgan fingerprint density at radius 2 is 1.47 bits per heavy atom. The second-order valence-electron chi connectivity index (χ2n) is 4.24.